The zero-order chi connectivity index (χ0) is 12.1. The van der Waals surface area contributed by atoms with E-state index in [1.807, 2.05) is 0 Å². The van der Waals surface area contributed by atoms with Gasteiger partial charge in [0.15, 0.2) is 0 Å². The summed E-state index contributed by atoms with van der Waals surface area (Å²) in [5, 5.41) is 8.45. The normalized spacial score (nSPS) is 10.3. The molecule has 1 rings (SSSR count). The van der Waals surface area contributed by atoms with Crippen LogP contribution in [0.3, 0.4) is 0 Å². The molecule has 0 fully saturated rings. The summed E-state index contributed by atoms with van der Waals surface area (Å²) >= 11 is 0. The maximum atomic E-state index is 11.2. The lowest BCUT2D eigenvalue weighted by molar-refractivity contribution is -0.131. The van der Waals surface area contributed by atoms with Crippen molar-refractivity contribution in [1.29, 1.82) is 0 Å². The Morgan fingerprint density at radius 2 is 2.25 bits per heavy atom. The number of carboxylic acids is 1. The van der Waals surface area contributed by atoms with Crippen LogP contribution >= 0.6 is 0 Å². The van der Waals surface area contributed by atoms with E-state index in [2.05, 4.69) is 9.72 Å². The fraction of sp³-hybridized carbons (Fsp3) is 0.100. The number of nitrogens with zero attached hydrogens (tertiary/aromatic N) is 1. The van der Waals surface area contributed by atoms with Crippen LogP contribution < -0.4 is 5.73 Å². The summed E-state index contributed by atoms with van der Waals surface area (Å²) in [6.45, 7) is 0. The number of hydrogen-bond acceptors (Lipinski definition) is 5. The van der Waals surface area contributed by atoms with E-state index in [0.29, 0.717) is 5.56 Å². The number of carbonyl (C=O) groups is 2. The molecule has 0 atom stereocenters. The van der Waals surface area contributed by atoms with E-state index in [-0.39, 0.29) is 11.4 Å². The van der Waals surface area contributed by atoms with E-state index >= 15 is 0 Å². The van der Waals surface area contributed by atoms with Gasteiger partial charge < -0.3 is 15.6 Å². The first-order valence-electron chi connectivity index (χ1n) is 4.29. The predicted molar refractivity (Wildman–Crippen MR) is 56.7 cm³/mol. The molecule has 0 unspecified atom stereocenters. The van der Waals surface area contributed by atoms with Gasteiger partial charge in [0.1, 0.15) is 5.82 Å². The predicted octanol–water partition coefficient (Wildman–Crippen LogP) is 0.548. The minimum atomic E-state index is -1.11. The quantitative estimate of drug-likeness (QED) is 0.571. The monoisotopic (exact) mass is 222 g/mol. The molecule has 0 bridgehead atoms. The van der Waals surface area contributed by atoms with E-state index in [1.165, 1.54) is 25.4 Å². The largest absolute Gasteiger partial charge is 0.478 e. The lowest BCUT2D eigenvalue weighted by Gasteiger charge is -2.02. The fourth-order valence-electron chi connectivity index (χ4n) is 1.02. The molecule has 84 valence electrons. The third-order valence-electron chi connectivity index (χ3n) is 1.78. The van der Waals surface area contributed by atoms with Gasteiger partial charge >= 0.3 is 11.9 Å². The van der Waals surface area contributed by atoms with Gasteiger partial charge in [-0.15, -0.1) is 0 Å². The average Bonchev–Trinajstić information content (AvgIpc) is 2.26. The van der Waals surface area contributed by atoms with Crippen LogP contribution in [0, 0.1) is 0 Å². The highest BCUT2D eigenvalue weighted by molar-refractivity contribution is 5.91. The van der Waals surface area contributed by atoms with Crippen LogP contribution in [-0.4, -0.2) is 29.1 Å². The number of methoxy groups -OCH3 is 1. The van der Waals surface area contributed by atoms with Gasteiger partial charge in [0.25, 0.3) is 0 Å². The van der Waals surface area contributed by atoms with E-state index in [1.54, 1.807) is 0 Å². The van der Waals surface area contributed by atoms with Gasteiger partial charge in [-0.2, -0.15) is 0 Å². The zero-order valence-electron chi connectivity index (χ0n) is 8.51. The molecule has 0 spiro atoms. The summed E-state index contributed by atoms with van der Waals surface area (Å²) in [5.74, 6) is -1.52. The first-order chi connectivity index (χ1) is 7.54. The Labute approximate surface area is 91.4 Å². The summed E-state index contributed by atoms with van der Waals surface area (Å²) in [6.07, 6.45) is 3.44. The van der Waals surface area contributed by atoms with Gasteiger partial charge in [0, 0.05) is 17.8 Å². The molecule has 1 aromatic heterocycles. The molecule has 0 radical (unpaired) electrons. The summed E-state index contributed by atoms with van der Waals surface area (Å²) in [6, 6.07) is 1.41. The van der Waals surface area contributed by atoms with Crippen LogP contribution in [0.15, 0.2) is 18.3 Å². The second-order valence-corrected chi connectivity index (χ2v) is 2.86. The van der Waals surface area contributed by atoms with E-state index in [0.717, 1.165) is 6.08 Å². The Bertz CT molecular complexity index is 454. The Morgan fingerprint density at radius 3 is 2.81 bits per heavy atom. The molecule has 0 aliphatic carbocycles. The molecular formula is C10H10N2O4. The van der Waals surface area contributed by atoms with Crippen LogP contribution in [0.4, 0.5) is 5.82 Å². The molecule has 1 heterocycles. The topological polar surface area (TPSA) is 103 Å². The molecule has 0 amide bonds. The summed E-state index contributed by atoms with van der Waals surface area (Å²) in [4.78, 5) is 25.2. The Morgan fingerprint density at radius 1 is 1.56 bits per heavy atom. The minimum Gasteiger partial charge on any atom is -0.478 e. The van der Waals surface area contributed by atoms with Crippen molar-refractivity contribution in [3.8, 4) is 0 Å². The number of esters is 1. The van der Waals surface area contributed by atoms with E-state index in [4.69, 9.17) is 10.8 Å². The van der Waals surface area contributed by atoms with Crippen LogP contribution in [-0.2, 0) is 9.53 Å². The molecule has 0 aliphatic rings. The fourth-order valence-corrected chi connectivity index (χ4v) is 1.02. The number of rotatable bonds is 3. The Balaban J connectivity index is 3.08. The van der Waals surface area contributed by atoms with Gasteiger partial charge in [0.2, 0.25) is 0 Å². The van der Waals surface area contributed by atoms with Gasteiger partial charge in [-0.05, 0) is 12.1 Å². The summed E-state index contributed by atoms with van der Waals surface area (Å²) in [7, 11) is 1.24. The number of ether oxygens (including phenoxy) is 1. The second-order valence-electron chi connectivity index (χ2n) is 2.86. The standard InChI is InChI=1S/C10H10N2O4/c1-16-10(15)7-4-6(2-3-8(13)14)9(11)12-5-7/h2-5H,1H3,(H2,11,12)(H,13,14). The highest BCUT2D eigenvalue weighted by Crippen LogP contribution is 2.13. The van der Waals surface area contributed by atoms with E-state index < -0.39 is 11.9 Å². The Kier molecular flexibility index (Phi) is 3.60. The molecule has 0 saturated carbocycles. The SMILES string of the molecule is COC(=O)c1cnc(N)c(C=CC(=O)O)c1. The number of nitrogens with two attached hydrogens (primary N) is 1. The number of hydrogen-bond donors (Lipinski definition) is 2. The lowest BCUT2D eigenvalue weighted by Crippen LogP contribution is -2.04. The number of aliphatic carboxylic acids is 1. The number of pyridine rings is 1. The Hall–Kier alpha value is -2.37. The third-order valence-corrected chi connectivity index (χ3v) is 1.78. The van der Waals surface area contributed by atoms with Gasteiger partial charge in [-0.1, -0.05) is 0 Å². The molecule has 0 saturated heterocycles. The molecular weight excluding hydrogens is 212 g/mol. The highest BCUT2D eigenvalue weighted by atomic mass is 16.5. The molecule has 6 heteroatoms. The van der Waals surface area contributed by atoms with Gasteiger partial charge in [0.05, 0.1) is 12.7 Å². The van der Waals surface area contributed by atoms with Crippen LogP contribution in [0.25, 0.3) is 6.08 Å². The van der Waals surface area contributed by atoms with E-state index in [9.17, 15) is 9.59 Å². The first-order valence-corrected chi connectivity index (χ1v) is 4.29. The van der Waals surface area contributed by atoms with Gasteiger partial charge in [-0.25, -0.2) is 14.6 Å². The van der Waals surface area contributed by atoms with Crippen molar-refractivity contribution in [3.05, 3.63) is 29.5 Å². The molecule has 6 nitrogen and oxygen atoms in total. The first kappa shape index (κ1) is 11.7. The van der Waals surface area contributed by atoms with Crippen molar-refractivity contribution >= 4 is 23.8 Å². The highest BCUT2D eigenvalue weighted by Gasteiger charge is 2.08. The molecule has 0 aromatic carbocycles. The molecule has 16 heavy (non-hydrogen) atoms. The number of aromatic nitrogens is 1. The van der Waals surface area contributed by atoms with Crippen molar-refractivity contribution in [3.63, 3.8) is 0 Å². The van der Waals surface area contributed by atoms with Crippen LogP contribution in [0.5, 0.6) is 0 Å². The maximum absolute atomic E-state index is 11.2. The van der Waals surface area contributed by atoms with Crippen molar-refractivity contribution in [2.75, 3.05) is 12.8 Å². The van der Waals surface area contributed by atoms with Crippen LogP contribution in [0.1, 0.15) is 15.9 Å². The van der Waals surface area contributed by atoms with Crippen LogP contribution in [0.2, 0.25) is 0 Å². The molecule has 1 aromatic rings. The average molecular weight is 222 g/mol. The van der Waals surface area contributed by atoms with Gasteiger partial charge in [-0.3, -0.25) is 0 Å². The summed E-state index contributed by atoms with van der Waals surface area (Å²) in [5.41, 5.74) is 6.07. The maximum Gasteiger partial charge on any atom is 0.339 e. The summed E-state index contributed by atoms with van der Waals surface area (Å²) < 4.78 is 4.50. The zero-order valence-corrected chi connectivity index (χ0v) is 8.51. The lowest BCUT2D eigenvalue weighted by atomic mass is 10.1. The third kappa shape index (κ3) is 2.81. The number of nitrogen functional groups attached to an aromatic ring is 1. The number of carboxylic acid groups (broad SMARTS) is 1. The minimum absolute atomic E-state index is 0.144. The number of anilines is 1. The second kappa shape index (κ2) is 4.92. The smallest absolute Gasteiger partial charge is 0.339 e. The van der Waals surface area contributed by atoms with Crippen molar-refractivity contribution in [1.82, 2.24) is 4.98 Å². The van der Waals surface area contributed by atoms with Crippen molar-refractivity contribution < 1.29 is 19.4 Å². The molecule has 3 N–H and O–H groups in total. The van der Waals surface area contributed by atoms with Crippen molar-refractivity contribution in [2.45, 2.75) is 0 Å². The molecule has 0 aliphatic heterocycles. The number of carbonyl (C=O) groups excluding carboxylic acids is 1. The van der Waals surface area contributed by atoms with Crippen molar-refractivity contribution in [2.24, 2.45) is 0 Å².